The van der Waals surface area contributed by atoms with Crippen molar-refractivity contribution in [2.24, 2.45) is 0 Å². The van der Waals surface area contributed by atoms with Gasteiger partial charge < -0.3 is 5.11 Å². The smallest absolute Gasteiger partial charge is 0.388 e. The summed E-state index contributed by atoms with van der Waals surface area (Å²) >= 11 is 0. The number of benzene rings is 1. The summed E-state index contributed by atoms with van der Waals surface area (Å²) in [7, 11) is 0. The van der Waals surface area contributed by atoms with Crippen LogP contribution in [0.3, 0.4) is 0 Å². The lowest BCUT2D eigenvalue weighted by Crippen LogP contribution is -2.10. The highest BCUT2D eigenvalue weighted by molar-refractivity contribution is 5.28. The predicted octanol–water partition coefficient (Wildman–Crippen LogP) is 5.63. The third kappa shape index (κ3) is 6.04. The molecule has 1 aromatic carbocycles. The minimum atomic E-state index is -4.74. The van der Waals surface area contributed by atoms with Gasteiger partial charge in [-0.15, -0.1) is 0 Å². The maximum Gasteiger partial charge on any atom is 0.419 e. The Labute approximate surface area is 123 Å². The van der Waals surface area contributed by atoms with E-state index in [0.717, 1.165) is 38.2 Å². The Morgan fingerprint density at radius 1 is 1.05 bits per heavy atom. The molecule has 0 aromatic heterocycles. The number of hydrogen-bond acceptors (Lipinski definition) is 1. The van der Waals surface area contributed by atoms with E-state index in [1.807, 2.05) is 0 Å². The molecule has 0 aliphatic rings. The zero-order chi connectivity index (χ0) is 15.9. The first-order valence-electron chi connectivity index (χ1n) is 7.41. The zero-order valence-electron chi connectivity index (χ0n) is 12.2. The summed E-state index contributed by atoms with van der Waals surface area (Å²) in [5, 5.41) is 9.91. The van der Waals surface area contributed by atoms with E-state index < -0.39 is 23.7 Å². The van der Waals surface area contributed by atoms with Crippen LogP contribution >= 0.6 is 0 Å². The molecule has 0 aliphatic heterocycles. The summed E-state index contributed by atoms with van der Waals surface area (Å²) in [5.74, 6) is -1.31. The fourth-order valence-electron chi connectivity index (χ4n) is 2.25. The van der Waals surface area contributed by atoms with Crippen LogP contribution in [-0.4, -0.2) is 5.11 Å². The highest BCUT2D eigenvalue weighted by Crippen LogP contribution is 2.33. The second-order valence-corrected chi connectivity index (χ2v) is 5.31. The molecule has 120 valence electrons. The van der Waals surface area contributed by atoms with E-state index in [1.165, 1.54) is 12.5 Å². The van der Waals surface area contributed by atoms with Crippen molar-refractivity contribution in [3.8, 4) is 0 Å². The summed E-state index contributed by atoms with van der Waals surface area (Å²) in [6.45, 7) is 2.12. The molecular weight excluding hydrogens is 284 g/mol. The van der Waals surface area contributed by atoms with Crippen LogP contribution in [0.2, 0.25) is 0 Å². The van der Waals surface area contributed by atoms with E-state index >= 15 is 0 Å². The Balaban J connectivity index is 2.53. The van der Waals surface area contributed by atoms with Crippen LogP contribution < -0.4 is 0 Å². The lowest BCUT2D eigenvalue weighted by atomic mass is 10.00. The normalized spacial score (nSPS) is 13.4. The van der Waals surface area contributed by atoms with E-state index in [1.54, 1.807) is 0 Å². The molecule has 1 rings (SSSR count). The number of halogens is 4. The second kappa shape index (κ2) is 8.37. The van der Waals surface area contributed by atoms with E-state index in [2.05, 4.69) is 6.92 Å². The first-order chi connectivity index (χ1) is 9.86. The molecule has 1 unspecified atom stereocenters. The molecule has 0 radical (unpaired) electrons. The third-order valence-electron chi connectivity index (χ3n) is 3.51. The van der Waals surface area contributed by atoms with Crippen molar-refractivity contribution in [1.82, 2.24) is 0 Å². The standard InChI is InChI=1S/C16H22F4O/c1-2-3-4-5-6-7-8-15(21)12-9-10-14(17)13(11-12)16(18,19)20/h9-11,15,21H,2-8H2,1H3. The Hall–Kier alpha value is -1.10. The molecule has 1 N–H and O–H groups in total. The van der Waals surface area contributed by atoms with Crippen LogP contribution in [0.1, 0.15) is 69.1 Å². The van der Waals surface area contributed by atoms with Gasteiger partial charge in [0, 0.05) is 0 Å². The van der Waals surface area contributed by atoms with E-state index in [9.17, 15) is 22.7 Å². The first-order valence-corrected chi connectivity index (χ1v) is 7.41. The van der Waals surface area contributed by atoms with Crippen molar-refractivity contribution >= 4 is 0 Å². The number of aliphatic hydroxyl groups is 1. The molecule has 0 amide bonds. The lowest BCUT2D eigenvalue weighted by Gasteiger charge is -2.14. The average molecular weight is 306 g/mol. The van der Waals surface area contributed by atoms with Crippen LogP contribution in [0.4, 0.5) is 17.6 Å². The van der Waals surface area contributed by atoms with Crippen molar-refractivity contribution < 1.29 is 22.7 Å². The van der Waals surface area contributed by atoms with Crippen molar-refractivity contribution in [3.05, 3.63) is 35.1 Å². The topological polar surface area (TPSA) is 20.2 Å². The minimum Gasteiger partial charge on any atom is -0.388 e. The number of unbranched alkanes of at least 4 members (excludes halogenated alkanes) is 5. The molecule has 1 atom stereocenters. The van der Waals surface area contributed by atoms with Gasteiger partial charge in [-0.3, -0.25) is 0 Å². The van der Waals surface area contributed by atoms with Gasteiger partial charge in [0.25, 0.3) is 0 Å². The maximum absolute atomic E-state index is 13.2. The largest absolute Gasteiger partial charge is 0.419 e. The molecular formula is C16H22F4O. The van der Waals surface area contributed by atoms with E-state index in [4.69, 9.17) is 0 Å². The molecule has 5 heteroatoms. The molecule has 0 spiro atoms. The summed E-state index contributed by atoms with van der Waals surface area (Å²) in [4.78, 5) is 0. The Kier molecular flexibility index (Phi) is 7.15. The summed E-state index contributed by atoms with van der Waals surface area (Å²) in [5.41, 5.74) is -1.20. The third-order valence-corrected chi connectivity index (χ3v) is 3.51. The molecule has 1 aromatic rings. The summed E-state index contributed by atoms with van der Waals surface area (Å²) in [6.07, 6.45) is 0.925. The first kappa shape index (κ1) is 18.0. The number of aliphatic hydroxyl groups excluding tert-OH is 1. The number of rotatable bonds is 8. The molecule has 0 aliphatic carbocycles. The van der Waals surface area contributed by atoms with Gasteiger partial charge in [-0.2, -0.15) is 13.2 Å². The van der Waals surface area contributed by atoms with Crippen molar-refractivity contribution in [2.45, 2.75) is 64.1 Å². The van der Waals surface area contributed by atoms with Gasteiger partial charge in [-0.25, -0.2) is 4.39 Å². The molecule has 0 saturated heterocycles. The summed E-state index contributed by atoms with van der Waals surface area (Å²) < 4.78 is 50.9. The fraction of sp³-hybridized carbons (Fsp3) is 0.625. The molecule has 1 nitrogen and oxygen atoms in total. The fourth-order valence-corrected chi connectivity index (χ4v) is 2.25. The minimum absolute atomic E-state index is 0.122. The molecule has 0 bridgehead atoms. The average Bonchev–Trinajstić information content (AvgIpc) is 2.41. The highest BCUT2D eigenvalue weighted by Gasteiger charge is 2.34. The molecule has 0 saturated carbocycles. The van der Waals surface area contributed by atoms with Crippen LogP contribution in [0.5, 0.6) is 0 Å². The SMILES string of the molecule is CCCCCCCCC(O)c1ccc(F)c(C(F)(F)F)c1. The quantitative estimate of drug-likeness (QED) is 0.487. The van der Waals surface area contributed by atoms with Crippen molar-refractivity contribution in [3.63, 3.8) is 0 Å². The van der Waals surface area contributed by atoms with Crippen LogP contribution in [0.15, 0.2) is 18.2 Å². The maximum atomic E-state index is 13.2. The number of alkyl halides is 3. The van der Waals surface area contributed by atoms with Gasteiger partial charge in [0.15, 0.2) is 0 Å². The van der Waals surface area contributed by atoms with Crippen LogP contribution in [0.25, 0.3) is 0 Å². The van der Waals surface area contributed by atoms with Gasteiger partial charge in [0.05, 0.1) is 11.7 Å². The van der Waals surface area contributed by atoms with Crippen LogP contribution in [-0.2, 0) is 6.18 Å². The van der Waals surface area contributed by atoms with Gasteiger partial charge in [-0.05, 0) is 24.1 Å². The van der Waals surface area contributed by atoms with Gasteiger partial charge >= 0.3 is 6.18 Å². The van der Waals surface area contributed by atoms with Crippen molar-refractivity contribution in [1.29, 1.82) is 0 Å². The zero-order valence-corrected chi connectivity index (χ0v) is 12.2. The molecule has 0 fully saturated rings. The Morgan fingerprint density at radius 2 is 1.67 bits per heavy atom. The lowest BCUT2D eigenvalue weighted by molar-refractivity contribution is -0.140. The summed E-state index contributed by atoms with van der Waals surface area (Å²) in [6, 6.07) is 2.69. The Morgan fingerprint density at radius 3 is 2.29 bits per heavy atom. The van der Waals surface area contributed by atoms with Crippen molar-refractivity contribution in [2.75, 3.05) is 0 Å². The second-order valence-electron chi connectivity index (χ2n) is 5.31. The molecule has 0 heterocycles. The highest BCUT2D eigenvalue weighted by atomic mass is 19.4. The van der Waals surface area contributed by atoms with Gasteiger partial charge in [0.2, 0.25) is 0 Å². The number of hydrogen-bond donors (Lipinski definition) is 1. The van der Waals surface area contributed by atoms with E-state index in [-0.39, 0.29) is 5.56 Å². The monoisotopic (exact) mass is 306 g/mol. The van der Waals surface area contributed by atoms with Crippen LogP contribution in [0, 0.1) is 5.82 Å². The van der Waals surface area contributed by atoms with Gasteiger partial charge in [-0.1, -0.05) is 51.5 Å². The Bertz CT molecular complexity index is 429. The predicted molar refractivity (Wildman–Crippen MR) is 74.4 cm³/mol. The van der Waals surface area contributed by atoms with E-state index in [0.29, 0.717) is 12.5 Å². The van der Waals surface area contributed by atoms with Gasteiger partial charge in [0.1, 0.15) is 5.82 Å². The molecule has 21 heavy (non-hydrogen) atoms.